The SMILES string of the molecule is COc1ccc(OC)c2[nH]c(CN(C)C(=O)c3ccc4c(c3)CN(C)C(=O)[C@H](C(C)C(=O)O)N4)nc12. The molecule has 1 unspecified atom stereocenters. The highest BCUT2D eigenvalue weighted by Gasteiger charge is 2.35. The number of methoxy groups -OCH3 is 2. The Kier molecular flexibility index (Phi) is 6.73. The summed E-state index contributed by atoms with van der Waals surface area (Å²) >= 11 is 0. The molecule has 1 aliphatic heterocycles. The number of aromatic nitrogens is 2. The highest BCUT2D eigenvalue weighted by molar-refractivity contribution is 5.96. The first-order valence-electron chi connectivity index (χ1n) is 11.4. The Hall–Kier alpha value is -4.28. The number of carboxylic acids is 1. The van der Waals surface area contributed by atoms with Crippen molar-refractivity contribution in [3.8, 4) is 11.5 Å². The zero-order valence-corrected chi connectivity index (χ0v) is 20.8. The molecular weight excluding hydrogens is 466 g/mol. The third-order valence-electron chi connectivity index (χ3n) is 6.39. The Balaban J connectivity index is 1.57. The topological polar surface area (TPSA) is 137 Å². The van der Waals surface area contributed by atoms with E-state index in [4.69, 9.17) is 9.47 Å². The third kappa shape index (κ3) is 4.51. The number of H-pyrrole nitrogens is 1. The van der Waals surface area contributed by atoms with Gasteiger partial charge in [0.25, 0.3) is 5.91 Å². The molecule has 11 nitrogen and oxygen atoms in total. The second-order valence-electron chi connectivity index (χ2n) is 8.85. The lowest BCUT2D eigenvalue weighted by atomic mass is 10.0. The first-order valence-corrected chi connectivity index (χ1v) is 11.4. The maximum atomic E-state index is 13.2. The summed E-state index contributed by atoms with van der Waals surface area (Å²) < 4.78 is 10.8. The average molecular weight is 496 g/mol. The van der Waals surface area contributed by atoms with Crippen molar-refractivity contribution in [2.24, 2.45) is 5.92 Å². The average Bonchev–Trinajstić information content (AvgIpc) is 3.24. The minimum Gasteiger partial charge on any atom is -0.494 e. The summed E-state index contributed by atoms with van der Waals surface area (Å²) in [4.78, 5) is 48.3. The molecule has 0 saturated heterocycles. The number of aromatic amines is 1. The van der Waals surface area contributed by atoms with E-state index >= 15 is 0 Å². The number of aliphatic carboxylic acids is 1. The van der Waals surface area contributed by atoms with Gasteiger partial charge in [0.2, 0.25) is 5.91 Å². The normalized spacial score (nSPS) is 16.1. The molecule has 0 fully saturated rings. The highest BCUT2D eigenvalue weighted by Crippen LogP contribution is 2.31. The van der Waals surface area contributed by atoms with Gasteiger partial charge in [-0.2, -0.15) is 0 Å². The number of carboxylic acid groups (broad SMARTS) is 1. The van der Waals surface area contributed by atoms with E-state index in [1.807, 2.05) is 0 Å². The van der Waals surface area contributed by atoms with Crippen LogP contribution in [0.5, 0.6) is 11.5 Å². The number of fused-ring (bicyclic) bond motifs is 2. The second kappa shape index (κ2) is 9.76. The Bertz CT molecular complexity index is 1290. The molecule has 0 bridgehead atoms. The molecule has 0 aliphatic carbocycles. The van der Waals surface area contributed by atoms with Crippen LogP contribution >= 0.6 is 0 Å². The highest BCUT2D eigenvalue weighted by atomic mass is 16.5. The number of ether oxygens (including phenoxy) is 2. The van der Waals surface area contributed by atoms with Crippen LogP contribution in [0.4, 0.5) is 5.69 Å². The summed E-state index contributed by atoms with van der Waals surface area (Å²) in [6.45, 7) is 1.95. The van der Waals surface area contributed by atoms with Gasteiger partial charge in [-0.25, -0.2) is 4.98 Å². The van der Waals surface area contributed by atoms with Crippen molar-refractivity contribution in [2.75, 3.05) is 33.6 Å². The lowest BCUT2D eigenvalue weighted by molar-refractivity contribution is -0.145. The van der Waals surface area contributed by atoms with Crippen molar-refractivity contribution >= 4 is 34.5 Å². The number of carbonyl (C=O) groups excluding carboxylic acids is 2. The van der Waals surface area contributed by atoms with Gasteiger partial charge in [-0.15, -0.1) is 0 Å². The largest absolute Gasteiger partial charge is 0.494 e. The molecule has 11 heteroatoms. The number of rotatable bonds is 7. The van der Waals surface area contributed by atoms with Gasteiger partial charge in [0.1, 0.15) is 34.4 Å². The summed E-state index contributed by atoms with van der Waals surface area (Å²) in [5.41, 5.74) is 3.09. The van der Waals surface area contributed by atoms with Gasteiger partial charge in [0.15, 0.2) is 0 Å². The monoisotopic (exact) mass is 495 g/mol. The van der Waals surface area contributed by atoms with Crippen molar-refractivity contribution in [3.05, 3.63) is 47.3 Å². The van der Waals surface area contributed by atoms with E-state index in [0.717, 1.165) is 5.56 Å². The van der Waals surface area contributed by atoms with Crippen LogP contribution in [0.1, 0.15) is 28.7 Å². The predicted molar refractivity (Wildman–Crippen MR) is 132 cm³/mol. The zero-order chi connectivity index (χ0) is 26.1. The molecule has 190 valence electrons. The van der Waals surface area contributed by atoms with E-state index in [-0.39, 0.29) is 24.9 Å². The fourth-order valence-corrected chi connectivity index (χ4v) is 4.30. The number of anilines is 1. The van der Waals surface area contributed by atoms with Crippen LogP contribution < -0.4 is 14.8 Å². The lowest BCUT2D eigenvalue weighted by Crippen LogP contribution is -2.44. The Morgan fingerprint density at radius 1 is 1.22 bits per heavy atom. The van der Waals surface area contributed by atoms with Gasteiger partial charge in [0.05, 0.1) is 26.7 Å². The van der Waals surface area contributed by atoms with Crippen molar-refractivity contribution < 1.29 is 29.0 Å². The number of carbonyl (C=O) groups is 3. The summed E-state index contributed by atoms with van der Waals surface area (Å²) in [6.07, 6.45) is 0. The lowest BCUT2D eigenvalue weighted by Gasteiger charge is -2.23. The van der Waals surface area contributed by atoms with E-state index in [1.54, 1.807) is 58.6 Å². The van der Waals surface area contributed by atoms with E-state index in [0.29, 0.717) is 39.6 Å². The number of amides is 2. The number of imidazole rings is 1. The Morgan fingerprint density at radius 2 is 1.92 bits per heavy atom. The molecule has 2 atom stereocenters. The quantitative estimate of drug-likeness (QED) is 0.454. The van der Waals surface area contributed by atoms with Crippen LogP contribution in [-0.4, -0.2) is 77.0 Å². The summed E-state index contributed by atoms with van der Waals surface area (Å²) in [5, 5.41) is 12.5. The van der Waals surface area contributed by atoms with E-state index < -0.39 is 17.9 Å². The van der Waals surface area contributed by atoms with E-state index in [2.05, 4.69) is 15.3 Å². The third-order valence-corrected chi connectivity index (χ3v) is 6.39. The molecule has 3 N–H and O–H groups in total. The number of hydrogen-bond acceptors (Lipinski definition) is 7. The Labute approximate surface area is 208 Å². The van der Waals surface area contributed by atoms with Crippen LogP contribution in [0.3, 0.4) is 0 Å². The molecule has 2 heterocycles. The van der Waals surface area contributed by atoms with Crippen molar-refractivity contribution in [3.63, 3.8) is 0 Å². The fourth-order valence-electron chi connectivity index (χ4n) is 4.30. The van der Waals surface area contributed by atoms with Crippen molar-refractivity contribution in [1.29, 1.82) is 0 Å². The maximum Gasteiger partial charge on any atom is 0.308 e. The summed E-state index contributed by atoms with van der Waals surface area (Å²) in [7, 11) is 6.42. The van der Waals surface area contributed by atoms with Crippen molar-refractivity contribution in [2.45, 2.75) is 26.1 Å². The number of likely N-dealkylation sites (N-methyl/N-ethyl adjacent to an activating group) is 1. The first-order chi connectivity index (χ1) is 17.1. The molecule has 0 saturated carbocycles. The molecule has 0 spiro atoms. The van der Waals surface area contributed by atoms with Crippen LogP contribution in [0.2, 0.25) is 0 Å². The molecule has 1 aromatic heterocycles. The smallest absolute Gasteiger partial charge is 0.308 e. The molecule has 0 radical (unpaired) electrons. The summed E-state index contributed by atoms with van der Waals surface area (Å²) in [5.74, 6) is -0.754. The van der Waals surface area contributed by atoms with Crippen LogP contribution in [0.25, 0.3) is 11.0 Å². The Morgan fingerprint density at radius 3 is 2.58 bits per heavy atom. The van der Waals surface area contributed by atoms with Crippen LogP contribution in [-0.2, 0) is 22.7 Å². The minimum absolute atomic E-state index is 0.214. The second-order valence-corrected chi connectivity index (χ2v) is 8.85. The minimum atomic E-state index is -1.06. The van der Waals surface area contributed by atoms with Gasteiger partial charge >= 0.3 is 5.97 Å². The standard InChI is InChI=1S/C25H29N5O6/c1-13(25(33)34)20-24(32)29(2)11-15-10-14(6-7-16(15)26-20)23(31)30(3)12-19-27-21-17(35-4)8-9-18(36-5)22(21)28-19/h6-10,13,20,26H,11-12H2,1-5H3,(H,27,28)(H,33,34)/t13?,20-/m0/s1. The summed E-state index contributed by atoms with van der Waals surface area (Å²) in [6, 6.07) is 7.75. The van der Waals surface area contributed by atoms with Gasteiger partial charge < -0.3 is 34.7 Å². The number of nitrogens with one attached hydrogen (secondary N) is 2. The zero-order valence-electron chi connectivity index (χ0n) is 20.8. The number of benzene rings is 2. The molecule has 2 aromatic carbocycles. The molecule has 36 heavy (non-hydrogen) atoms. The fraction of sp³-hybridized carbons (Fsp3) is 0.360. The predicted octanol–water partition coefficient (Wildman–Crippen LogP) is 2.33. The maximum absolute atomic E-state index is 13.2. The van der Waals surface area contributed by atoms with E-state index in [1.165, 1.54) is 16.7 Å². The molecular formula is C25H29N5O6. The van der Waals surface area contributed by atoms with E-state index in [9.17, 15) is 19.5 Å². The molecule has 4 rings (SSSR count). The van der Waals surface area contributed by atoms with Crippen LogP contribution in [0, 0.1) is 5.92 Å². The van der Waals surface area contributed by atoms with Crippen LogP contribution in [0.15, 0.2) is 30.3 Å². The first kappa shape index (κ1) is 24.8. The van der Waals surface area contributed by atoms with Gasteiger partial charge in [0, 0.05) is 31.9 Å². The molecule has 1 aliphatic rings. The number of nitrogens with zero attached hydrogens (tertiary/aromatic N) is 3. The van der Waals surface area contributed by atoms with Gasteiger partial charge in [-0.1, -0.05) is 0 Å². The van der Waals surface area contributed by atoms with Crippen molar-refractivity contribution in [1.82, 2.24) is 19.8 Å². The van der Waals surface area contributed by atoms with Gasteiger partial charge in [-0.05, 0) is 42.8 Å². The van der Waals surface area contributed by atoms with Gasteiger partial charge in [-0.3, -0.25) is 14.4 Å². The number of hydrogen-bond donors (Lipinski definition) is 3. The molecule has 3 aromatic rings. The molecule has 2 amide bonds.